The quantitative estimate of drug-likeness (QED) is 0.317. The van der Waals surface area contributed by atoms with E-state index < -0.39 is 16.1 Å². The van der Waals surface area contributed by atoms with Crippen molar-refractivity contribution in [2.75, 3.05) is 5.75 Å². The van der Waals surface area contributed by atoms with Gasteiger partial charge in [0.05, 0.1) is 17.0 Å². The van der Waals surface area contributed by atoms with Crippen molar-refractivity contribution in [1.29, 1.82) is 0 Å². The van der Waals surface area contributed by atoms with Crippen molar-refractivity contribution >= 4 is 33.9 Å². The number of rotatable bonds is 6. The van der Waals surface area contributed by atoms with Gasteiger partial charge in [-0.2, -0.15) is 20.2 Å². The third-order valence-electron chi connectivity index (χ3n) is 4.39. The number of carboxylic acid groups (broad SMARTS) is 1. The van der Waals surface area contributed by atoms with Crippen molar-refractivity contribution in [1.82, 2.24) is 10.6 Å². The Bertz CT molecular complexity index is 766. The number of carboxylic acids is 1. The number of nitrogens with one attached hydrogen (secondary N) is 2. The van der Waals surface area contributed by atoms with E-state index in [4.69, 9.17) is 9.66 Å². The number of aliphatic carboxylic acids is 1. The number of carbonyl (C=O) groups excluding carboxylic acids is 1. The predicted octanol–water partition coefficient (Wildman–Crippen LogP) is 2.04. The highest BCUT2D eigenvalue weighted by atomic mass is 32.2. The molecule has 8 nitrogen and oxygen atoms in total. The summed E-state index contributed by atoms with van der Waals surface area (Å²) in [7, 11) is -4.02. The minimum atomic E-state index is -4.02. The summed E-state index contributed by atoms with van der Waals surface area (Å²) in [6, 6.07) is 6.43. The molecule has 150 valence electrons. The highest BCUT2D eigenvalue weighted by molar-refractivity contribution is 8.00. The number of fused-ring (bicyclic) bond motifs is 1. The first-order valence-electron chi connectivity index (χ1n) is 8.61. The predicted molar refractivity (Wildman–Crippen MR) is 103 cm³/mol. The largest absolute Gasteiger partial charge is 0.481 e. The lowest BCUT2D eigenvalue weighted by Crippen LogP contribution is -2.36. The molecule has 3 rings (SSSR count). The number of hydrogen-bond acceptors (Lipinski definition) is 5. The highest BCUT2D eigenvalue weighted by Gasteiger charge is 2.42. The topological polar surface area (TPSA) is 133 Å². The molecule has 2 amide bonds. The van der Waals surface area contributed by atoms with Crippen molar-refractivity contribution in [2.45, 2.75) is 54.8 Å². The lowest BCUT2D eigenvalue weighted by atomic mass is 10.0. The van der Waals surface area contributed by atoms with Crippen LogP contribution in [0.2, 0.25) is 0 Å². The standard InChI is InChI=1S/C10H16N2O3S.C7H8O3S/c13-8(14)4-2-1-3-7-9-6(5-16-7)11-10(15)12-9;1-6-2-4-7(5-3-6)11(8,9)10/h6-7,9H,1-5H2,(H,13,14)(H2,11,12,15);2-5H,1H3,(H,8,9,10)/t6-,7-,9-;/m0./s1. The van der Waals surface area contributed by atoms with Crippen LogP contribution < -0.4 is 10.6 Å². The van der Waals surface area contributed by atoms with Crippen molar-refractivity contribution < 1.29 is 27.7 Å². The maximum atomic E-state index is 11.1. The third kappa shape index (κ3) is 6.71. The fourth-order valence-electron chi connectivity index (χ4n) is 2.97. The Morgan fingerprint density at radius 2 is 1.89 bits per heavy atom. The smallest absolute Gasteiger partial charge is 0.315 e. The number of urea groups is 1. The first-order chi connectivity index (χ1) is 12.7. The van der Waals surface area contributed by atoms with E-state index in [9.17, 15) is 18.0 Å². The van der Waals surface area contributed by atoms with Crippen LogP contribution in [0.1, 0.15) is 31.2 Å². The second-order valence-electron chi connectivity index (χ2n) is 6.55. The number of unbranched alkanes of at least 4 members (excludes halogenated alkanes) is 1. The molecule has 27 heavy (non-hydrogen) atoms. The van der Waals surface area contributed by atoms with Gasteiger partial charge in [0.1, 0.15) is 0 Å². The number of hydrogen-bond donors (Lipinski definition) is 4. The van der Waals surface area contributed by atoms with E-state index >= 15 is 0 Å². The molecule has 2 saturated heterocycles. The maximum Gasteiger partial charge on any atom is 0.315 e. The van der Waals surface area contributed by atoms with Gasteiger partial charge >= 0.3 is 12.0 Å². The van der Waals surface area contributed by atoms with Gasteiger partial charge in [-0.15, -0.1) is 0 Å². The lowest BCUT2D eigenvalue weighted by Gasteiger charge is -2.16. The molecule has 10 heteroatoms. The summed E-state index contributed by atoms with van der Waals surface area (Å²) in [4.78, 5) is 21.4. The van der Waals surface area contributed by atoms with Crippen LogP contribution >= 0.6 is 11.8 Å². The van der Waals surface area contributed by atoms with Crippen LogP contribution in [0.5, 0.6) is 0 Å². The molecule has 3 atom stereocenters. The summed E-state index contributed by atoms with van der Waals surface area (Å²) >= 11 is 1.87. The molecule has 0 bridgehead atoms. The van der Waals surface area contributed by atoms with Crippen LogP contribution in [-0.2, 0) is 14.9 Å². The normalized spacial score (nSPS) is 23.6. The Morgan fingerprint density at radius 3 is 2.48 bits per heavy atom. The molecule has 2 fully saturated rings. The zero-order valence-electron chi connectivity index (χ0n) is 14.9. The van der Waals surface area contributed by atoms with E-state index in [0.29, 0.717) is 5.25 Å². The summed E-state index contributed by atoms with van der Waals surface area (Å²) in [6.45, 7) is 1.84. The zero-order valence-corrected chi connectivity index (χ0v) is 16.6. The van der Waals surface area contributed by atoms with Gasteiger partial charge in [-0.1, -0.05) is 24.1 Å². The number of aryl methyl sites for hydroxylation is 1. The van der Waals surface area contributed by atoms with Crippen molar-refractivity contribution in [3.05, 3.63) is 29.8 Å². The Kier molecular flexibility index (Phi) is 7.51. The van der Waals surface area contributed by atoms with Gasteiger partial charge < -0.3 is 15.7 Å². The third-order valence-corrected chi connectivity index (χ3v) is 6.76. The van der Waals surface area contributed by atoms with Gasteiger partial charge in [-0.25, -0.2) is 4.79 Å². The average molecular weight is 417 g/mol. The van der Waals surface area contributed by atoms with Gasteiger partial charge in [0.15, 0.2) is 0 Å². The highest BCUT2D eigenvalue weighted by Crippen LogP contribution is 2.33. The van der Waals surface area contributed by atoms with E-state index in [1.165, 1.54) is 12.1 Å². The molecule has 1 aromatic carbocycles. The Labute approximate surface area is 162 Å². The zero-order chi connectivity index (χ0) is 20.0. The van der Waals surface area contributed by atoms with Gasteiger partial charge in [0.2, 0.25) is 0 Å². The lowest BCUT2D eigenvalue weighted by molar-refractivity contribution is -0.137. The summed E-state index contributed by atoms with van der Waals surface area (Å²) in [6.07, 6.45) is 2.88. The van der Waals surface area contributed by atoms with Gasteiger partial charge in [0.25, 0.3) is 10.1 Å². The molecule has 0 saturated carbocycles. The summed E-state index contributed by atoms with van der Waals surface area (Å²) < 4.78 is 29.6. The van der Waals surface area contributed by atoms with E-state index in [0.717, 1.165) is 30.6 Å². The Morgan fingerprint density at radius 1 is 1.22 bits per heavy atom. The molecule has 0 unspecified atom stereocenters. The van der Waals surface area contributed by atoms with E-state index in [1.807, 2.05) is 18.7 Å². The van der Waals surface area contributed by atoms with Crippen LogP contribution in [0.15, 0.2) is 29.2 Å². The van der Waals surface area contributed by atoms with Crippen molar-refractivity contribution in [3.63, 3.8) is 0 Å². The Hall–Kier alpha value is -1.78. The molecular weight excluding hydrogens is 392 g/mol. The fraction of sp³-hybridized carbons (Fsp3) is 0.529. The number of amides is 2. The molecule has 1 aromatic rings. The minimum absolute atomic E-state index is 0.0640. The Balaban J connectivity index is 0.000000208. The molecular formula is C17H24N2O6S2. The van der Waals surface area contributed by atoms with Gasteiger partial charge in [-0.3, -0.25) is 9.35 Å². The second-order valence-corrected chi connectivity index (χ2v) is 9.24. The van der Waals surface area contributed by atoms with Crippen LogP contribution in [-0.4, -0.2) is 53.2 Å². The molecule has 2 aliphatic heterocycles. The van der Waals surface area contributed by atoms with Gasteiger partial charge in [0, 0.05) is 17.4 Å². The van der Waals surface area contributed by atoms with E-state index in [-0.39, 0.29) is 29.4 Å². The fourth-order valence-corrected chi connectivity index (χ4v) is 5.00. The average Bonchev–Trinajstić information content (AvgIpc) is 3.11. The van der Waals surface area contributed by atoms with Gasteiger partial charge in [-0.05, 0) is 31.9 Å². The summed E-state index contributed by atoms with van der Waals surface area (Å²) in [5.41, 5.74) is 0.956. The van der Waals surface area contributed by atoms with Crippen LogP contribution in [0, 0.1) is 6.92 Å². The van der Waals surface area contributed by atoms with Crippen LogP contribution in [0.3, 0.4) is 0 Å². The molecule has 2 heterocycles. The van der Waals surface area contributed by atoms with E-state index in [1.54, 1.807) is 12.1 Å². The monoisotopic (exact) mass is 416 g/mol. The number of thioether (sulfide) groups is 1. The molecule has 0 aromatic heterocycles. The van der Waals surface area contributed by atoms with Crippen molar-refractivity contribution in [2.24, 2.45) is 0 Å². The van der Waals surface area contributed by atoms with Crippen molar-refractivity contribution in [3.8, 4) is 0 Å². The SMILES string of the molecule is Cc1ccc(S(=O)(=O)O)cc1.O=C(O)CCCC[C@@H]1SC[C@@H]2NC(=O)N[C@@H]21. The van der Waals surface area contributed by atoms with Crippen LogP contribution in [0.4, 0.5) is 4.79 Å². The first kappa shape index (κ1) is 21.5. The molecule has 4 N–H and O–H groups in total. The summed E-state index contributed by atoms with van der Waals surface area (Å²) in [5.74, 6) is 0.236. The summed E-state index contributed by atoms with van der Waals surface area (Å²) in [5, 5.41) is 14.8. The maximum absolute atomic E-state index is 11.1. The minimum Gasteiger partial charge on any atom is -0.481 e. The van der Waals surface area contributed by atoms with Crippen LogP contribution in [0.25, 0.3) is 0 Å². The van der Waals surface area contributed by atoms with E-state index in [2.05, 4.69) is 10.6 Å². The molecule has 0 spiro atoms. The molecule has 2 aliphatic rings. The first-order valence-corrected chi connectivity index (χ1v) is 11.1. The number of carbonyl (C=O) groups is 2. The molecule has 0 aliphatic carbocycles. The second kappa shape index (κ2) is 9.43. The molecule has 0 radical (unpaired) electrons. The number of benzene rings is 1.